The Labute approximate surface area is 133 Å². The van der Waals surface area contributed by atoms with Gasteiger partial charge >= 0.3 is 6.09 Å². The van der Waals surface area contributed by atoms with E-state index in [1.807, 2.05) is 20.8 Å². The zero-order valence-corrected chi connectivity index (χ0v) is 14.1. The van der Waals surface area contributed by atoms with Crippen molar-refractivity contribution in [2.45, 2.75) is 89.0 Å². The average Bonchev–Trinajstić information content (AvgIpc) is 3.16. The van der Waals surface area contributed by atoms with Crippen LogP contribution in [0.2, 0.25) is 0 Å². The molecule has 0 aromatic rings. The molecule has 5 rings (SSSR count). The Morgan fingerprint density at radius 1 is 1.14 bits per heavy atom. The molecule has 2 atom stereocenters. The third-order valence-electron chi connectivity index (χ3n) is 5.80. The SMILES string of the molecule is CC(C)(C)OC(=O)N1C2CC3CC1CC(OCC1CC1)(C3)C2. The van der Waals surface area contributed by atoms with Crippen molar-refractivity contribution in [1.29, 1.82) is 0 Å². The molecule has 0 aromatic carbocycles. The highest BCUT2D eigenvalue weighted by Gasteiger charge is 2.57. The summed E-state index contributed by atoms with van der Waals surface area (Å²) in [5.41, 5.74) is -0.344. The van der Waals surface area contributed by atoms with Gasteiger partial charge in [-0.3, -0.25) is 0 Å². The van der Waals surface area contributed by atoms with Gasteiger partial charge in [0, 0.05) is 12.1 Å². The molecule has 2 aliphatic heterocycles. The van der Waals surface area contributed by atoms with Crippen molar-refractivity contribution >= 4 is 6.09 Å². The Hall–Kier alpha value is -0.770. The van der Waals surface area contributed by atoms with Gasteiger partial charge in [0.1, 0.15) is 5.60 Å². The second kappa shape index (κ2) is 4.86. The van der Waals surface area contributed by atoms with Crippen LogP contribution in [0.25, 0.3) is 0 Å². The van der Waals surface area contributed by atoms with Crippen LogP contribution in [-0.2, 0) is 9.47 Å². The topological polar surface area (TPSA) is 38.8 Å². The van der Waals surface area contributed by atoms with Crippen LogP contribution < -0.4 is 0 Å². The summed E-state index contributed by atoms with van der Waals surface area (Å²) < 4.78 is 12.1. The minimum Gasteiger partial charge on any atom is -0.444 e. The van der Waals surface area contributed by atoms with E-state index in [0.29, 0.717) is 12.1 Å². The number of amides is 1. The lowest BCUT2D eigenvalue weighted by Crippen LogP contribution is -2.66. The standard InChI is InChI=1S/C18H29NO3/c1-17(2,3)22-16(20)19-14-6-13-7-15(19)10-18(8-13,9-14)21-11-12-4-5-12/h12-15H,4-11H2,1-3H3. The van der Waals surface area contributed by atoms with Crippen molar-refractivity contribution < 1.29 is 14.3 Å². The van der Waals surface area contributed by atoms with E-state index in [0.717, 1.165) is 44.1 Å². The summed E-state index contributed by atoms with van der Waals surface area (Å²) in [6.07, 6.45) is 8.12. The lowest BCUT2D eigenvalue weighted by Gasteiger charge is -2.60. The van der Waals surface area contributed by atoms with E-state index in [-0.39, 0.29) is 11.7 Å². The van der Waals surface area contributed by atoms with Gasteiger partial charge in [0.2, 0.25) is 0 Å². The van der Waals surface area contributed by atoms with E-state index in [1.165, 1.54) is 19.3 Å². The van der Waals surface area contributed by atoms with Gasteiger partial charge in [-0.15, -0.1) is 0 Å². The fourth-order valence-electron chi connectivity index (χ4n) is 4.92. The van der Waals surface area contributed by atoms with Crippen molar-refractivity contribution in [1.82, 2.24) is 4.90 Å². The lowest BCUT2D eigenvalue weighted by atomic mass is 9.61. The number of carbonyl (C=O) groups is 1. The van der Waals surface area contributed by atoms with Crippen LogP contribution in [0.5, 0.6) is 0 Å². The molecule has 4 bridgehead atoms. The molecular formula is C18H29NO3. The molecule has 3 saturated carbocycles. The maximum absolute atomic E-state index is 12.6. The van der Waals surface area contributed by atoms with Crippen LogP contribution in [0.1, 0.15) is 65.7 Å². The molecule has 0 N–H and O–H groups in total. The first-order chi connectivity index (χ1) is 10.3. The van der Waals surface area contributed by atoms with Crippen LogP contribution in [0.3, 0.4) is 0 Å². The highest BCUT2D eigenvalue weighted by molar-refractivity contribution is 5.69. The van der Waals surface area contributed by atoms with E-state index < -0.39 is 5.60 Å². The molecule has 22 heavy (non-hydrogen) atoms. The second-order valence-corrected chi connectivity index (χ2v) is 9.08. The Morgan fingerprint density at radius 3 is 2.32 bits per heavy atom. The van der Waals surface area contributed by atoms with Gasteiger partial charge in [-0.05, 0) is 77.6 Å². The molecule has 2 unspecified atom stereocenters. The van der Waals surface area contributed by atoms with Crippen LogP contribution in [0, 0.1) is 11.8 Å². The average molecular weight is 307 g/mol. The first kappa shape index (κ1) is 14.8. The highest BCUT2D eigenvalue weighted by atomic mass is 16.6. The Balaban J connectivity index is 1.46. The Kier molecular flexibility index (Phi) is 3.27. The monoisotopic (exact) mass is 307 g/mol. The maximum Gasteiger partial charge on any atom is 0.410 e. The number of nitrogens with zero attached hydrogens (tertiary/aromatic N) is 1. The summed E-state index contributed by atoms with van der Waals surface area (Å²) >= 11 is 0. The van der Waals surface area contributed by atoms with E-state index in [9.17, 15) is 4.79 Å². The number of hydrogen-bond acceptors (Lipinski definition) is 3. The predicted octanol–water partition coefficient (Wildman–Crippen LogP) is 3.73. The van der Waals surface area contributed by atoms with E-state index >= 15 is 0 Å². The van der Waals surface area contributed by atoms with Gasteiger partial charge in [-0.25, -0.2) is 4.79 Å². The third kappa shape index (κ3) is 2.75. The molecule has 2 saturated heterocycles. The molecule has 124 valence electrons. The molecule has 4 heteroatoms. The number of hydrogen-bond donors (Lipinski definition) is 0. The zero-order valence-electron chi connectivity index (χ0n) is 14.1. The Bertz CT molecular complexity index is 449. The van der Waals surface area contributed by atoms with Crippen molar-refractivity contribution in [3.8, 4) is 0 Å². The number of rotatable bonds is 3. The van der Waals surface area contributed by atoms with Gasteiger partial charge in [0.05, 0.1) is 12.2 Å². The van der Waals surface area contributed by atoms with Crippen molar-refractivity contribution in [2.24, 2.45) is 11.8 Å². The summed E-state index contributed by atoms with van der Waals surface area (Å²) in [5.74, 6) is 1.56. The number of carbonyl (C=O) groups excluding carboxylic acids is 1. The third-order valence-corrected chi connectivity index (χ3v) is 5.80. The van der Waals surface area contributed by atoms with Crippen molar-refractivity contribution in [3.05, 3.63) is 0 Å². The minimum atomic E-state index is -0.411. The normalized spacial score (nSPS) is 40.1. The fourth-order valence-corrected chi connectivity index (χ4v) is 4.92. The van der Waals surface area contributed by atoms with Gasteiger partial charge in [-0.2, -0.15) is 0 Å². The van der Waals surface area contributed by atoms with Gasteiger partial charge < -0.3 is 14.4 Å². The molecule has 0 radical (unpaired) electrons. The van der Waals surface area contributed by atoms with Gasteiger partial charge in [-0.1, -0.05) is 0 Å². The summed E-state index contributed by atoms with van der Waals surface area (Å²) in [4.78, 5) is 14.6. The van der Waals surface area contributed by atoms with E-state index in [4.69, 9.17) is 9.47 Å². The molecule has 0 aromatic heterocycles. The lowest BCUT2D eigenvalue weighted by molar-refractivity contribution is -0.182. The van der Waals surface area contributed by atoms with Gasteiger partial charge in [0.15, 0.2) is 0 Å². The first-order valence-corrected chi connectivity index (χ1v) is 8.99. The van der Waals surface area contributed by atoms with E-state index in [1.54, 1.807) is 0 Å². The highest BCUT2D eigenvalue weighted by Crippen LogP contribution is 2.53. The summed E-state index contributed by atoms with van der Waals surface area (Å²) in [6.45, 7) is 6.78. The van der Waals surface area contributed by atoms with Crippen molar-refractivity contribution in [2.75, 3.05) is 6.61 Å². The molecule has 2 heterocycles. The molecule has 4 nitrogen and oxygen atoms in total. The Morgan fingerprint density at radius 2 is 1.77 bits per heavy atom. The summed E-state index contributed by atoms with van der Waals surface area (Å²) in [7, 11) is 0. The predicted molar refractivity (Wildman–Crippen MR) is 83.6 cm³/mol. The largest absolute Gasteiger partial charge is 0.444 e. The van der Waals surface area contributed by atoms with Crippen LogP contribution >= 0.6 is 0 Å². The van der Waals surface area contributed by atoms with E-state index in [2.05, 4.69) is 4.90 Å². The fraction of sp³-hybridized carbons (Fsp3) is 0.944. The smallest absolute Gasteiger partial charge is 0.410 e. The first-order valence-electron chi connectivity index (χ1n) is 8.99. The van der Waals surface area contributed by atoms with Gasteiger partial charge in [0.25, 0.3) is 0 Å². The molecule has 3 aliphatic carbocycles. The number of ether oxygens (including phenoxy) is 2. The van der Waals surface area contributed by atoms with Crippen LogP contribution in [0.4, 0.5) is 4.79 Å². The molecule has 5 aliphatic rings. The quantitative estimate of drug-likeness (QED) is 0.797. The van der Waals surface area contributed by atoms with Crippen LogP contribution in [-0.4, -0.2) is 40.9 Å². The van der Waals surface area contributed by atoms with Crippen molar-refractivity contribution in [3.63, 3.8) is 0 Å². The number of piperidine rings is 2. The molecule has 0 spiro atoms. The molecule has 1 amide bonds. The summed E-state index contributed by atoms with van der Waals surface area (Å²) in [6, 6.07) is 0.667. The molecule has 5 fully saturated rings. The summed E-state index contributed by atoms with van der Waals surface area (Å²) in [5, 5.41) is 0. The zero-order chi connectivity index (χ0) is 15.5. The maximum atomic E-state index is 12.6. The minimum absolute atomic E-state index is 0.0671. The molecular weight excluding hydrogens is 278 g/mol. The second-order valence-electron chi connectivity index (χ2n) is 9.08. The van der Waals surface area contributed by atoms with Crippen LogP contribution in [0.15, 0.2) is 0 Å².